The van der Waals surface area contributed by atoms with Gasteiger partial charge in [0.15, 0.2) is 5.75 Å². The fourth-order valence-corrected chi connectivity index (χ4v) is 2.60. The lowest BCUT2D eigenvalue weighted by atomic mass is 10.3. The van der Waals surface area contributed by atoms with Crippen LogP contribution in [0.15, 0.2) is 35.5 Å². The number of thioether (sulfide) groups is 1. The van der Waals surface area contributed by atoms with Gasteiger partial charge < -0.3 is 9.30 Å². The summed E-state index contributed by atoms with van der Waals surface area (Å²) in [6.45, 7) is 0. The van der Waals surface area contributed by atoms with Crippen LogP contribution < -0.4 is 4.74 Å². The molecule has 1 aromatic carbocycles. The first-order valence-corrected chi connectivity index (χ1v) is 6.90. The van der Waals surface area contributed by atoms with Gasteiger partial charge in [-0.25, -0.2) is 0 Å². The standard InChI is InChI=1S/C12H11Cl2NOS/c1-16-11-5-6-15(12(11)17-2)8-3-4-9(13)10(14)7-8/h3-7H,1-2H3. The van der Waals surface area contributed by atoms with Gasteiger partial charge in [0.05, 0.1) is 17.2 Å². The van der Waals surface area contributed by atoms with E-state index in [1.54, 1.807) is 24.9 Å². The zero-order valence-corrected chi connectivity index (χ0v) is 11.7. The number of aromatic nitrogens is 1. The van der Waals surface area contributed by atoms with Crippen LogP contribution in [0.3, 0.4) is 0 Å². The lowest BCUT2D eigenvalue weighted by Crippen LogP contribution is -1.94. The van der Waals surface area contributed by atoms with Crippen molar-refractivity contribution in [3.05, 3.63) is 40.5 Å². The Morgan fingerprint density at radius 2 is 1.94 bits per heavy atom. The molecule has 0 N–H and O–H groups in total. The molecule has 0 saturated heterocycles. The molecule has 0 atom stereocenters. The molecule has 17 heavy (non-hydrogen) atoms. The molecule has 0 fully saturated rings. The van der Waals surface area contributed by atoms with Gasteiger partial charge in [-0.3, -0.25) is 0 Å². The Hall–Kier alpha value is -0.770. The van der Waals surface area contributed by atoms with E-state index >= 15 is 0 Å². The van der Waals surface area contributed by atoms with Crippen LogP contribution in [-0.2, 0) is 0 Å². The maximum Gasteiger partial charge on any atom is 0.150 e. The summed E-state index contributed by atoms with van der Waals surface area (Å²) in [6, 6.07) is 7.47. The normalized spacial score (nSPS) is 10.6. The van der Waals surface area contributed by atoms with Crippen LogP contribution in [0.1, 0.15) is 0 Å². The second kappa shape index (κ2) is 5.25. The first-order chi connectivity index (χ1) is 8.17. The molecule has 0 amide bonds. The lowest BCUT2D eigenvalue weighted by molar-refractivity contribution is 0.403. The molecular weight excluding hydrogens is 277 g/mol. The average Bonchev–Trinajstić information content (AvgIpc) is 2.75. The van der Waals surface area contributed by atoms with Crippen molar-refractivity contribution in [1.82, 2.24) is 4.57 Å². The highest BCUT2D eigenvalue weighted by Gasteiger charge is 2.10. The first kappa shape index (κ1) is 12.7. The Labute approximate surface area is 114 Å². The Kier molecular flexibility index (Phi) is 3.92. The fourth-order valence-electron chi connectivity index (χ4n) is 1.59. The minimum atomic E-state index is 0.545. The number of benzene rings is 1. The zero-order valence-electron chi connectivity index (χ0n) is 9.41. The second-order valence-electron chi connectivity index (χ2n) is 3.36. The number of halogens is 2. The van der Waals surface area contributed by atoms with Gasteiger partial charge in [0.25, 0.3) is 0 Å². The Balaban J connectivity index is 2.52. The quantitative estimate of drug-likeness (QED) is 0.771. The molecule has 2 rings (SSSR count). The van der Waals surface area contributed by atoms with Crippen LogP contribution in [0, 0.1) is 0 Å². The van der Waals surface area contributed by atoms with E-state index in [2.05, 4.69) is 0 Å². The van der Waals surface area contributed by atoms with Crippen LogP contribution in [0.4, 0.5) is 0 Å². The number of methoxy groups -OCH3 is 1. The van der Waals surface area contributed by atoms with Crippen molar-refractivity contribution in [3.8, 4) is 11.4 Å². The summed E-state index contributed by atoms with van der Waals surface area (Å²) in [6.07, 6.45) is 3.95. The third-order valence-corrected chi connectivity index (χ3v) is 3.92. The molecule has 0 spiro atoms. The van der Waals surface area contributed by atoms with Crippen molar-refractivity contribution in [2.75, 3.05) is 13.4 Å². The number of hydrogen-bond donors (Lipinski definition) is 0. The molecule has 1 aromatic heterocycles. The summed E-state index contributed by atoms with van der Waals surface area (Å²) in [5.41, 5.74) is 0.965. The molecule has 0 saturated carbocycles. The SMILES string of the molecule is COc1ccn(-c2ccc(Cl)c(Cl)c2)c1SC. The maximum atomic E-state index is 6.02. The monoisotopic (exact) mass is 287 g/mol. The average molecular weight is 288 g/mol. The predicted octanol–water partition coefficient (Wildman–Crippen LogP) is 4.51. The Morgan fingerprint density at radius 3 is 2.53 bits per heavy atom. The van der Waals surface area contributed by atoms with Crippen LogP contribution in [0.2, 0.25) is 10.0 Å². The van der Waals surface area contributed by atoms with E-state index in [0.29, 0.717) is 10.0 Å². The van der Waals surface area contributed by atoms with Gasteiger partial charge in [0, 0.05) is 11.9 Å². The highest BCUT2D eigenvalue weighted by Crippen LogP contribution is 2.33. The largest absolute Gasteiger partial charge is 0.494 e. The van der Waals surface area contributed by atoms with Crippen molar-refractivity contribution in [2.24, 2.45) is 0 Å². The van der Waals surface area contributed by atoms with E-state index in [4.69, 9.17) is 27.9 Å². The molecule has 1 heterocycles. The van der Waals surface area contributed by atoms with Gasteiger partial charge in [-0.1, -0.05) is 23.2 Å². The third kappa shape index (κ3) is 2.41. The molecule has 90 valence electrons. The van der Waals surface area contributed by atoms with Gasteiger partial charge >= 0.3 is 0 Å². The van der Waals surface area contributed by atoms with E-state index < -0.39 is 0 Å². The number of nitrogens with zero attached hydrogens (tertiary/aromatic N) is 1. The molecule has 2 aromatic rings. The number of hydrogen-bond acceptors (Lipinski definition) is 2. The van der Waals surface area contributed by atoms with Crippen molar-refractivity contribution >= 4 is 35.0 Å². The van der Waals surface area contributed by atoms with E-state index in [1.807, 2.05) is 35.2 Å². The molecule has 5 heteroatoms. The number of ether oxygens (including phenoxy) is 1. The summed E-state index contributed by atoms with van der Waals surface area (Å²) >= 11 is 13.5. The molecule has 0 bridgehead atoms. The first-order valence-electron chi connectivity index (χ1n) is 4.92. The molecule has 2 nitrogen and oxygen atoms in total. The number of rotatable bonds is 3. The minimum absolute atomic E-state index is 0.545. The Morgan fingerprint density at radius 1 is 1.18 bits per heavy atom. The highest BCUT2D eigenvalue weighted by molar-refractivity contribution is 7.98. The molecule has 0 radical (unpaired) electrons. The van der Waals surface area contributed by atoms with Crippen LogP contribution in [0.5, 0.6) is 5.75 Å². The van der Waals surface area contributed by atoms with Crippen molar-refractivity contribution in [3.63, 3.8) is 0 Å². The maximum absolute atomic E-state index is 6.02. The van der Waals surface area contributed by atoms with Gasteiger partial charge in [-0.2, -0.15) is 0 Å². The summed E-state index contributed by atoms with van der Waals surface area (Å²) in [5, 5.41) is 2.13. The highest BCUT2D eigenvalue weighted by atomic mass is 35.5. The predicted molar refractivity (Wildman–Crippen MR) is 74.1 cm³/mol. The minimum Gasteiger partial charge on any atom is -0.494 e. The van der Waals surface area contributed by atoms with Gasteiger partial charge in [-0.15, -0.1) is 11.8 Å². The molecule has 0 unspecified atom stereocenters. The van der Waals surface area contributed by atoms with Crippen molar-refractivity contribution in [1.29, 1.82) is 0 Å². The lowest BCUT2D eigenvalue weighted by Gasteiger charge is -2.09. The second-order valence-corrected chi connectivity index (χ2v) is 4.97. The topological polar surface area (TPSA) is 14.2 Å². The molecule has 0 aliphatic heterocycles. The van der Waals surface area contributed by atoms with Gasteiger partial charge in [0.2, 0.25) is 0 Å². The molecule has 0 aliphatic rings. The van der Waals surface area contributed by atoms with E-state index in [0.717, 1.165) is 16.5 Å². The van der Waals surface area contributed by atoms with E-state index in [-0.39, 0.29) is 0 Å². The van der Waals surface area contributed by atoms with E-state index in [9.17, 15) is 0 Å². The molecule has 0 aliphatic carbocycles. The van der Waals surface area contributed by atoms with Crippen molar-refractivity contribution in [2.45, 2.75) is 5.03 Å². The van der Waals surface area contributed by atoms with Crippen LogP contribution in [0.25, 0.3) is 5.69 Å². The summed E-state index contributed by atoms with van der Waals surface area (Å²) < 4.78 is 7.31. The van der Waals surface area contributed by atoms with Gasteiger partial charge in [0.1, 0.15) is 5.03 Å². The van der Waals surface area contributed by atoms with Crippen LogP contribution >= 0.6 is 35.0 Å². The smallest absolute Gasteiger partial charge is 0.150 e. The van der Waals surface area contributed by atoms with E-state index in [1.165, 1.54) is 0 Å². The van der Waals surface area contributed by atoms with Gasteiger partial charge in [-0.05, 0) is 30.5 Å². The summed E-state index contributed by atoms with van der Waals surface area (Å²) in [4.78, 5) is 0. The van der Waals surface area contributed by atoms with Crippen molar-refractivity contribution < 1.29 is 4.74 Å². The summed E-state index contributed by atoms with van der Waals surface area (Å²) in [7, 11) is 1.66. The summed E-state index contributed by atoms with van der Waals surface area (Å²) in [5.74, 6) is 0.851. The molecular formula is C12H11Cl2NOS. The zero-order chi connectivity index (χ0) is 12.4. The fraction of sp³-hybridized carbons (Fsp3) is 0.167. The van der Waals surface area contributed by atoms with Crippen LogP contribution in [-0.4, -0.2) is 17.9 Å². The third-order valence-electron chi connectivity index (χ3n) is 2.40. The Bertz CT molecular complexity index is 539.